The maximum absolute atomic E-state index is 13.5. The molecular weight excluding hydrogens is 360 g/mol. The van der Waals surface area contributed by atoms with Gasteiger partial charge in [0.05, 0.1) is 29.5 Å². The van der Waals surface area contributed by atoms with Crippen LogP contribution in [-0.2, 0) is 9.59 Å². The molecule has 4 rings (SSSR count). The lowest BCUT2D eigenvalue weighted by molar-refractivity contribution is -0.162. The molecule has 2 aliphatic heterocycles. The number of hydrogen-bond acceptors (Lipinski definition) is 5. The van der Waals surface area contributed by atoms with Gasteiger partial charge in [0.2, 0.25) is 11.8 Å². The summed E-state index contributed by atoms with van der Waals surface area (Å²) in [5.41, 5.74) is -0.590. The summed E-state index contributed by atoms with van der Waals surface area (Å²) in [4.78, 5) is 39.9. The standard InChI is InChI=1S/C21H26N2O5/c1-12(17-16(13(2)24)18(25)22-17)19(26)23-20(27)14-8-4-5-9-15(14)28-21(23)10-6-3-7-11-21/h4-5,8-9,12-13,16-17,24H,3,6-7,10-11H2,1-2H3,(H,22,25)/t12-,13-,16-,17-/m1/s1. The number of benzene rings is 1. The molecule has 1 saturated carbocycles. The molecule has 1 aromatic rings. The summed E-state index contributed by atoms with van der Waals surface area (Å²) >= 11 is 0. The van der Waals surface area contributed by atoms with Crippen LogP contribution < -0.4 is 10.1 Å². The lowest BCUT2D eigenvalue weighted by Crippen LogP contribution is -2.69. The summed E-state index contributed by atoms with van der Waals surface area (Å²) < 4.78 is 6.29. The highest BCUT2D eigenvalue weighted by molar-refractivity contribution is 6.08. The van der Waals surface area contributed by atoms with Crippen LogP contribution >= 0.6 is 0 Å². The van der Waals surface area contributed by atoms with Crippen LogP contribution in [-0.4, -0.2) is 45.6 Å². The van der Waals surface area contributed by atoms with Gasteiger partial charge in [-0.15, -0.1) is 0 Å². The van der Waals surface area contributed by atoms with Crippen molar-refractivity contribution in [2.75, 3.05) is 0 Å². The fourth-order valence-corrected chi connectivity index (χ4v) is 4.75. The Labute approximate surface area is 164 Å². The largest absolute Gasteiger partial charge is 0.467 e. The summed E-state index contributed by atoms with van der Waals surface area (Å²) in [5, 5.41) is 12.6. The molecule has 3 amide bonds. The number of ether oxygens (including phenoxy) is 1. The number of nitrogens with zero attached hydrogens (tertiary/aromatic N) is 1. The fraction of sp³-hybridized carbons (Fsp3) is 0.571. The number of aliphatic hydroxyl groups is 1. The molecule has 4 atom stereocenters. The topological polar surface area (TPSA) is 95.9 Å². The molecular formula is C21H26N2O5. The first-order valence-corrected chi connectivity index (χ1v) is 10.0. The highest BCUT2D eigenvalue weighted by atomic mass is 16.5. The number of carbonyl (C=O) groups excluding carboxylic acids is 3. The number of imide groups is 1. The maximum atomic E-state index is 13.5. The van der Waals surface area contributed by atoms with E-state index >= 15 is 0 Å². The molecule has 28 heavy (non-hydrogen) atoms. The van der Waals surface area contributed by atoms with Gasteiger partial charge in [0, 0.05) is 12.8 Å². The normalized spacial score (nSPS) is 27.9. The Hall–Kier alpha value is -2.41. The fourth-order valence-electron chi connectivity index (χ4n) is 4.75. The summed E-state index contributed by atoms with van der Waals surface area (Å²) in [6, 6.07) is 6.51. The highest BCUT2D eigenvalue weighted by Crippen LogP contribution is 2.43. The number of fused-ring (bicyclic) bond motifs is 1. The van der Waals surface area contributed by atoms with E-state index in [2.05, 4.69) is 5.32 Å². The van der Waals surface area contributed by atoms with Crippen LogP contribution in [0.15, 0.2) is 24.3 Å². The Morgan fingerprint density at radius 2 is 1.89 bits per heavy atom. The van der Waals surface area contributed by atoms with Crippen molar-refractivity contribution in [3.05, 3.63) is 29.8 Å². The second-order valence-electron chi connectivity index (χ2n) is 8.17. The number of para-hydroxylation sites is 1. The minimum absolute atomic E-state index is 0.265. The van der Waals surface area contributed by atoms with E-state index in [0.29, 0.717) is 24.2 Å². The van der Waals surface area contributed by atoms with Crippen molar-refractivity contribution in [2.45, 2.75) is 63.8 Å². The molecule has 1 spiro atoms. The molecule has 7 heteroatoms. The summed E-state index contributed by atoms with van der Waals surface area (Å²) in [6.45, 7) is 3.24. The number of hydrogen-bond donors (Lipinski definition) is 2. The zero-order chi connectivity index (χ0) is 20.1. The number of nitrogens with one attached hydrogen (secondary N) is 1. The van der Waals surface area contributed by atoms with Crippen LogP contribution in [0.4, 0.5) is 0 Å². The predicted molar refractivity (Wildman–Crippen MR) is 100 cm³/mol. The molecule has 1 saturated heterocycles. The van der Waals surface area contributed by atoms with Crippen molar-refractivity contribution in [1.82, 2.24) is 10.2 Å². The minimum Gasteiger partial charge on any atom is -0.467 e. The van der Waals surface area contributed by atoms with E-state index in [4.69, 9.17) is 4.74 Å². The predicted octanol–water partition coefficient (Wildman–Crippen LogP) is 1.84. The van der Waals surface area contributed by atoms with E-state index in [1.165, 1.54) is 4.90 Å². The van der Waals surface area contributed by atoms with Gasteiger partial charge >= 0.3 is 0 Å². The van der Waals surface area contributed by atoms with Crippen LogP contribution in [0.3, 0.4) is 0 Å². The first-order chi connectivity index (χ1) is 13.4. The van der Waals surface area contributed by atoms with Crippen LogP contribution in [0.25, 0.3) is 0 Å². The summed E-state index contributed by atoms with van der Waals surface area (Å²) in [6.07, 6.45) is 3.15. The number of amides is 3. The van der Waals surface area contributed by atoms with Gasteiger partial charge in [-0.2, -0.15) is 0 Å². The van der Waals surface area contributed by atoms with E-state index < -0.39 is 29.7 Å². The van der Waals surface area contributed by atoms with Crippen molar-refractivity contribution >= 4 is 17.7 Å². The monoisotopic (exact) mass is 386 g/mol. The Balaban J connectivity index is 1.68. The first kappa shape index (κ1) is 18.9. The second kappa shape index (κ2) is 6.88. The van der Waals surface area contributed by atoms with Crippen molar-refractivity contribution in [3.8, 4) is 5.75 Å². The third kappa shape index (κ3) is 2.80. The molecule has 3 aliphatic rings. The van der Waals surface area contributed by atoms with Crippen LogP contribution in [0, 0.1) is 11.8 Å². The average molecular weight is 386 g/mol. The maximum Gasteiger partial charge on any atom is 0.267 e. The van der Waals surface area contributed by atoms with Crippen molar-refractivity contribution in [2.24, 2.45) is 11.8 Å². The number of rotatable bonds is 3. The first-order valence-electron chi connectivity index (χ1n) is 10.0. The number of carbonyl (C=O) groups is 3. The lowest BCUT2D eigenvalue weighted by atomic mass is 9.77. The van der Waals surface area contributed by atoms with Crippen LogP contribution in [0.5, 0.6) is 5.75 Å². The van der Waals surface area contributed by atoms with Crippen molar-refractivity contribution < 1.29 is 24.2 Å². The van der Waals surface area contributed by atoms with E-state index in [1.807, 2.05) is 6.07 Å². The van der Waals surface area contributed by atoms with Gasteiger partial charge in [0.15, 0.2) is 5.72 Å². The van der Waals surface area contributed by atoms with Gasteiger partial charge in [-0.05, 0) is 31.9 Å². The summed E-state index contributed by atoms with van der Waals surface area (Å²) in [7, 11) is 0. The Morgan fingerprint density at radius 3 is 2.54 bits per heavy atom. The minimum atomic E-state index is -0.969. The molecule has 1 aliphatic carbocycles. The highest BCUT2D eigenvalue weighted by Gasteiger charge is 2.55. The quantitative estimate of drug-likeness (QED) is 0.773. The Bertz CT molecular complexity index is 815. The summed E-state index contributed by atoms with van der Waals surface area (Å²) in [5.74, 6) is -1.75. The Morgan fingerprint density at radius 1 is 1.21 bits per heavy atom. The van der Waals surface area contributed by atoms with E-state index in [9.17, 15) is 19.5 Å². The third-order valence-electron chi connectivity index (χ3n) is 6.33. The van der Waals surface area contributed by atoms with Crippen molar-refractivity contribution in [1.29, 1.82) is 0 Å². The van der Waals surface area contributed by atoms with Gasteiger partial charge in [0.25, 0.3) is 5.91 Å². The molecule has 0 aromatic heterocycles. The van der Waals surface area contributed by atoms with Gasteiger partial charge in [-0.25, -0.2) is 4.90 Å². The van der Waals surface area contributed by atoms with Gasteiger partial charge in [-0.1, -0.05) is 25.5 Å². The lowest BCUT2D eigenvalue weighted by Gasteiger charge is -2.50. The molecule has 150 valence electrons. The van der Waals surface area contributed by atoms with E-state index in [1.54, 1.807) is 32.0 Å². The second-order valence-corrected chi connectivity index (χ2v) is 8.17. The molecule has 7 nitrogen and oxygen atoms in total. The Kier molecular flexibility index (Phi) is 4.65. The molecule has 2 fully saturated rings. The number of aliphatic hydroxyl groups excluding tert-OH is 1. The zero-order valence-corrected chi connectivity index (χ0v) is 16.2. The van der Waals surface area contributed by atoms with Crippen molar-refractivity contribution in [3.63, 3.8) is 0 Å². The van der Waals surface area contributed by atoms with E-state index in [-0.39, 0.29) is 17.7 Å². The molecule has 0 bridgehead atoms. The third-order valence-corrected chi connectivity index (χ3v) is 6.33. The van der Waals surface area contributed by atoms with Gasteiger partial charge in [-0.3, -0.25) is 14.4 Å². The van der Waals surface area contributed by atoms with E-state index in [0.717, 1.165) is 19.3 Å². The molecule has 2 N–H and O–H groups in total. The SMILES string of the molecule is C[C@@H](O)[C@H]1C(=O)N[C@@H]1[C@@H](C)C(=O)N1C(=O)c2ccccc2OC12CCCCC2. The molecule has 0 radical (unpaired) electrons. The van der Waals surface area contributed by atoms with Crippen LogP contribution in [0.2, 0.25) is 0 Å². The molecule has 1 aromatic carbocycles. The molecule has 0 unspecified atom stereocenters. The number of β-lactam (4-membered cyclic amide) rings is 1. The van der Waals surface area contributed by atoms with Gasteiger partial charge in [0.1, 0.15) is 5.75 Å². The van der Waals surface area contributed by atoms with Gasteiger partial charge < -0.3 is 15.2 Å². The van der Waals surface area contributed by atoms with Crippen LogP contribution in [0.1, 0.15) is 56.3 Å². The molecule has 2 heterocycles. The average Bonchev–Trinajstić information content (AvgIpc) is 2.65. The smallest absolute Gasteiger partial charge is 0.267 e. The zero-order valence-electron chi connectivity index (χ0n) is 16.2.